The molecule has 0 spiro atoms. The highest BCUT2D eigenvalue weighted by molar-refractivity contribution is 5.80. The summed E-state index contributed by atoms with van der Waals surface area (Å²) in [4.78, 5) is 39.5. The number of fused-ring (bicyclic) bond motifs is 2. The minimum absolute atomic E-state index is 0.0136. The highest BCUT2D eigenvalue weighted by atomic mass is 16.6. The second-order valence-electron chi connectivity index (χ2n) is 7.20. The smallest absolute Gasteiger partial charge is 0.413 e. The third-order valence-electron chi connectivity index (χ3n) is 4.94. The van der Waals surface area contributed by atoms with Gasteiger partial charge < -0.3 is 19.5 Å². The lowest BCUT2D eigenvalue weighted by atomic mass is 9.86. The van der Waals surface area contributed by atoms with Gasteiger partial charge in [0.1, 0.15) is 12.0 Å². The largest absolute Gasteiger partial charge is 0.481 e. The first kappa shape index (κ1) is 18.0. The monoisotopic (exact) mass is 362 g/mol. The number of rotatable bonds is 3. The van der Waals surface area contributed by atoms with Gasteiger partial charge in [0, 0.05) is 19.6 Å². The van der Waals surface area contributed by atoms with Crippen molar-refractivity contribution in [3.05, 3.63) is 35.9 Å². The zero-order valence-electron chi connectivity index (χ0n) is 14.8. The average molecular weight is 362 g/mol. The molecule has 0 radical (unpaired) electrons. The Hall–Kier alpha value is -2.77. The lowest BCUT2D eigenvalue weighted by Crippen LogP contribution is -2.59. The molecular formula is C18H22N2O6. The fraction of sp³-hybridized carbons (Fsp3) is 0.500. The number of hydrogen-bond donors (Lipinski definition) is 1. The van der Waals surface area contributed by atoms with Gasteiger partial charge in [-0.05, 0) is 25.8 Å². The average Bonchev–Trinajstić information content (AvgIpc) is 3.04. The number of benzene rings is 1. The number of carbonyl (C=O) groups is 3. The van der Waals surface area contributed by atoms with E-state index in [4.69, 9.17) is 9.47 Å². The summed E-state index contributed by atoms with van der Waals surface area (Å²) < 4.78 is 10.8. The van der Waals surface area contributed by atoms with Gasteiger partial charge >= 0.3 is 18.2 Å². The van der Waals surface area contributed by atoms with E-state index in [9.17, 15) is 19.5 Å². The molecule has 1 unspecified atom stereocenters. The van der Waals surface area contributed by atoms with Crippen molar-refractivity contribution >= 4 is 18.2 Å². The first-order valence-corrected chi connectivity index (χ1v) is 8.43. The molecule has 1 atom stereocenters. The molecule has 2 fully saturated rings. The summed E-state index contributed by atoms with van der Waals surface area (Å²) in [5, 5.41) is 9.74. The minimum Gasteiger partial charge on any atom is -0.481 e. The van der Waals surface area contributed by atoms with Crippen molar-refractivity contribution in [1.82, 2.24) is 9.80 Å². The molecule has 0 aromatic heterocycles. The molecule has 0 saturated carbocycles. The van der Waals surface area contributed by atoms with Gasteiger partial charge in [0.15, 0.2) is 5.72 Å². The lowest BCUT2D eigenvalue weighted by molar-refractivity contribution is -0.155. The zero-order valence-corrected chi connectivity index (χ0v) is 14.8. The van der Waals surface area contributed by atoms with Crippen molar-refractivity contribution in [3.63, 3.8) is 0 Å². The fourth-order valence-corrected chi connectivity index (χ4v) is 3.31. The number of nitrogens with zero attached hydrogens (tertiary/aromatic N) is 2. The lowest BCUT2D eigenvalue weighted by Gasteiger charge is -2.42. The molecule has 2 heterocycles. The molecule has 2 bridgehead atoms. The van der Waals surface area contributed by atoms with Crippen LogP contribution in [-0.4, -0.2) is 58.4 Å². The Morgan fingerprint density at radius 3 is 2.58 bits per heavy atom. The van der Waals surface area contributed by atoms with Crippen LogP contribution >= 0.6 is 0 Å². The van der Waals surface area contributed by atoms with Crippen LogP contribution in [0.15, 0.2) is 30.3 Å². The number of ether oxygens (including phenoxy) is 2. The number of carboxylic acids is 1. The fourth-order valence-electron chi connectivity index (χ4n) is 3.31. The molecule has 2 aliphatic rings. The highest BCUT2D eigenvalue weighted by Crippen LogP contribution is 2.37. The third kappa shape index (κ3) is 3.31. The van der Waals surface area contributed by atoms with Gasteiger partial charge in [-0.2, -0.15) is 0 Å². The Kier molecular flexibility index (Phi) is 4.52. The molecule has 1 aromatic rings. The number of carboxylic acid groups (broad SMARTS) is 1. The first-order valence-electron chi connectivity index (χ1n) is 8.43. The van der Waals surface area contributed by atoms with Gasteiger partial charge in [-0.3, -0.25) is 9.69 Å². The molecule has 2 amide bonds. The van der Waals surface area contributed by atoms with Crippen molar-refractivity contribution in [2.24, 2.45) is 5.41 Å². The summed E-state index contributed by atoms with van der Waals surface area (Å²) in [5.74, 6) is -1.04. The first-order chi connectivity index (χ1) is 12.2. The Bertz CT molecular complexity index is 720. The van der Waals surface area contributed by atoms with Crippen LogP contribution < -0.4 is 0 Å². The van der Waals surface area contributed by atoms with Crippen molar-refractivity contribution in [3.8, 4) is 0 Å². The minimum atomic E-state index is -1.32. The SMILES string of the molecule is CC1(C)OC(=O)N2CCC(C(=O)O)(C2)CN1C(=O)OCc1ccccc1. The van der Waals surface area contributed by atoms with E-state index < -0.39 is 29.3 Å². The standard InChI is InChI=1S/C18H22N2O6/c1-17(2)20(16(24)25-10-13-6-4-3-5-7-13)12-18(14(21)22)8-9-19(11-18)15(23)26-17/h3-7H,8-12H2,1-2H3,(H,21,22). The highest BCUT2D eigenvalue weighted by Gasteiger charge is 2.54. The van der Waals surface area contributed by atoms with E-state index in [2.05, 4.69) is 0 Å². The Morgan fingerprint density at radius 2 is 1.92 bits per heavy atom. The van der Waals surface area contributed by atoms with Gasteiger partial charge in [0.2, 0.25) is 0 Å². The van der Waals surface area contributed by atoms with Crippen LogP contribution in [0.25, 0.3) is 0 Å². The third-order valence-corrected chi connectivity index (χ3v) is 4.94. The van der Waals surface area contributed by atoms with Crippen molar-refractivity contribution in [2.45, 2.75) is 32.6 Å². The normalized spacial score (nSPS) is 24.5. The topological polar surface area (TPSA) is 96.4 Å². The summed E-state index contributed by atoms with van der Waals surface area (Å²) in [6.45, 7) is 3.36. The quantitative estimate of drug-likeness (QED) is 0.886. The summed E-state index contributed by atoms with van der Waals surface area (Å²) in [5.41, 5.74) is -1.74. The molecule has 8 heteroatoms. The maximum absolute atomic E-state index is 12.7. The van der Waals surface area contributed by atoms with Crippen LogP contribution in [0.3, 0.4) is 0 Å². The van der Waals surface area contributed by atoms with Crippen molar-refractivity contribution in [1.29, 1.82) is 0 Å². The van der Waals surface area contributed by atoms with Crippen LogP contribution in [0.1, 0.15) is 25.8 Å². The molecule has 2 aliphatic heterocycles. The van der Waals surface area contributed by atoms with Crippen LogP contribution in [0.2, 0.25) is 0 Å². The molecule has 26 heavy (non-hydrogen) atoms. The molecular weight excluding hydrogens is 340 g/mol. The maximum Gasteiger partial charge on any atom is 0.413 e. The van der Waals surface area contributed by atoms with Crippen molar-refractivity contribution in [2.75, 3.05) is 19.6 Å². The van der Waals surface area contributed by atoms with E-state index in [-0.39, 0.29) is 32.7 Å². The number of amides is 2. The van der Waals surface area contributed by atoms with Crippen molar-refractivity contribution < 1.29 is 29.0 Å². The predicted octanol–water partition coefficient (Wildman–Crippen LogP) is 2.29. The van der Waals surface area contributed by atoms with E-state index in [1.165, 1.54) is 9.80 Å². The van der Waals surface area contributed by atoms with Crippen LogP contribution in [-0.2, 0) is 20.9 Å². The van der Waals surface area contributed by atoms with E-state index in [0.29, 0.717) is 0 Å². The molecule has 3 rings (SSSR count). The van der Waals surface area contributed by atoms with Gasteiger partial charge in [0.25, 0.3) is 0 Å². The summed E-state index contributed by atoms with van der Waals surface area (Å²) in [7, 11) is 0. The molecule has 0 aliphatic carbocycles. The zero-order chi connectivity index (χ0) is 18.9. The van der Waals surface area contributed by atoms with Crippen LogP contribution in [0, 0.1) is 5.41 Å². The number of cyclic esters (lactones) is 1. The van der Waals surface area contributed by atoms with Crippen LogP contribution in [0.5, 0.6) is 0 Å². The maximum atomic E-state index is 12.7. The van der Waals surface area contributed by atoms with E-state index in [0.717, 1.165) is 5.56 Å². The molecule has 140 valence electrons. The van der Waals surface area contributed by atoms with E-state index >= 15 is 0 Å². The number of hydrogen-bond acceptors (Lipinski definition) is 5. The van der Waals surface area contributed by atoms with E-state index in [1.54, 1.807) is 13.8 Å². The summed E-state index contributed by atoms with van der Waals surface area (Å²) >= 11 is 0. The molecule has 1 aromatic carbocycles. The summed E-state index contributed by atoms with van der Waals surface area (Å²) in [6.07, 6.45) is -1.08. The second-order valence-corrected chi connectivity index (χ2v) is 7.20. The Labute approximate surface area is 151 Å². The number of aliphatic carboxylic acids is 1. The van der Waals surface area contributed by atoms with Gasteiger partial charge in [-0.1, -0.05) is 30.3 Å². The number of carbonyl (C=O) groups excluding carboxylic acids is 2. The van der Waals surface area contributed by atoms with Gasteiger partial charge in [-0.25, -0.2) is 9.59 Å². The van der Waals surface area contributed by atoms with Gasteiger partial charge in [-0.15, -0.1) is 0 Å². The Morgan fingerprint density at radius 1 is 1.23 bits per heavy atom. The van der Waals surface area contributed by atoms with Gasteiger partial charge in [0.05, 0.1) is 0 Å². The summed E-state index contributed by atoms with van der Waals surface area (Å²) in [6, 6.07) is 9.16. The van der Waals surface area contributed by atoms with Crippen LogP contribution in [0.4, 0.5) is 9.59 Å². The van der Waals surface area contributed by atoms with E-state index in [1.807, 2.05) is 30.3 Å². The second kappa shape index (κ2) is 6.51. The molecule has 1 N–H and O–H groups in total. The molecule has 2 saturated heterocycles. The molecule has 8 nitrogen and oxygen atoms in total. The Balaban J connectivity index is 1.83. The predicted molar refractivity (Wildman–Crippen MR) is 90.2 cm³/mol.